The van der Waals surface area contributed by atoms with Crippen molar-refractivity contribution in [3.8, 4) is 0 Å². The van der Waals surface area contributed by atoms with Crippen LogP contribution in [-0.4, -0.2) is 5.97 Å². The van der Waals surface area contributed by atoms with Crippen LogP contribution in [0.4, 0.5) is 26.3 Å². The summed E-state index contributed by atoms with van der Waals surface area (Å²) in [4.78, 5) is 11.1. The molecule has 116 valence electrons. The minimum atomic E-state index is -4.91. The van der Waals surface area contributed by atoms with E-state index in [0.29, 0.717) is 12.1 Å². The van der Waals surface area contributed by atoms with Gasteiger partial charge >= 0.3 is 18.3 Å². The Labute approximate surface area is 115 Å². The lowest BCUT2D eigenvalue weighted by Gasteiger charge is -2.19. The van der Waals surface area contributed by atoms with E-state index in [9.17, 15) is 31.1 Å². The number of cyclic esters (lactones) is 1. The average molecular weight is 312 g/mol. The van der Waals surface area contributed by atoms with Gasteiger partial charge in [0.2, 0.25) is 0 Å². The van der Waals surface area contributed by atoms with Crippen LogP contribution in [0, 0.1) is 5.92 Å². The fourth-order valence-corrected chi connectivity index (χ4v) is 2.22. The molecule has 1 heterocycles. The number of ether oxygens (including phenoxy) is 1. The second-order valence-corrected chi connectivity index (χ2v) is 4.93. The quantitative estimate of drug-likeness (QED) is 0.569. The molecule has 0 unspecified atom stereocenters. The van der Waals surface area contributed by atoms with E-state index in [0.717, 1.165) is 0 Å². The van der Waals surface area contributed by atoms with E-state index in [1.54, 1.807) is 0 Å². The zero-order valence-corrected chi connectivity index (χ0v) is 10.7. The van der Waals surface area contributed by atoms with E-state index in [4.69, 9.17) is 4.74 Å². The molecule has 1 aromatic rings. The molecule has 1 fully saturated rings. The highest BCUT2D eigenvalue weighted by molar-refractivity contribution is 5.72. The molecule has 0 radical (unpaired) electrons. The standard InChI is InChI=1S/C13H10F6O2/c1-6-2-10(20)21-11(6)7-3-8(12(14,15)16)5-9(4-7)13(17,18)19/h3-6,11H,2H2,1H3/t6-,11+/m1/s1. The predicted octanol–water partition coefficient (Wildman–Crippen LogP) is 4.35. The summed E-state index contributed by atoms with van der Waals surface area (Å²) in [5.74, 6) is -1.12. The summed E-state index contributed by atoms with van der Waals surface area (Å²) < 4.78 is 81.2. The molecule has 1 aliphatic rings. The molecule has 21 heavy (non-hydrogen) atoms. The first-order chi connectivity index (χ1) is 9.48. The van der Waals surface area contributed by atoms with Gasteiger partial charge in [0, 0.05) is 5.92 Å². The number of rotatable bonds is 1. The van der Waals surface area contributed by atoms with Crippen molar-refractivity contribution in [2.24, 2.45) is 5.92 Å². The molecule has 8 heteroatoms. The molecule has 0 saturated carbocycles. The number of hydrogen-bond donors (Lipinski definition) is 0. The lowest BCUT2D eigenvalue weighted by Crippen LogP contribution is -2.14. The van der Waals surface area contributed by atoms with Crippen molar-refractivity contribution in [2.75, 3.05) is 0 Å². The minimum Gasteiger partial charge on any atom is -0.457 e. The van der Waals surface area contributed by atoms with Gasteiger partial charge in [-0.05, 0) is 23.8 Å². The molecule has 0 amide bonds. The molecule has 1 aromatic carbocycles. The highest BCUT2D eigenvalue weighted by atomic mass is 19.4. The van der Waals surface area contributed by atoms with Crippen LogP contribution in [0.3, 0.4) is 0 Å². The van der Waals surface area contributed by atoms with Crippen molar-refractivity contribution >= 4 is 5.97 Å². The number of alkyl halides is 6. The van der Waals surface area contributed by atoms with Crippen LogP contribution in [0.15, 0.2) is 18.2 Å². The lowest BCUT2D eigenvalue weighted by molar-refractivity contribution is -0.143. The maximum absolute atomic E-state index is 12.7. The first-order valence-electron chi connectivity index (χ1n) is 5.97. The van der Waals surface area contributed by atoms with Gasteiger partial charge in [-0.25, -0.2) is 0 Å². The number of esters is 1. The smallest absolute Gasteiger partial charge is 0.416 e. The van der Waals surface area contributed by atoms with E-state index < -0.39 is 41.5 Å². The van der Waals surface area contributed by atoms with Crippen LogP contribution in [0.5, 0.6) is 0 Å². The van der Waals surface area contributed by atoms with Gasteiger partial charge in [-0.2, -0.15) is 26.3 Å². The SMILES string of the molecule is C[C@@H]1CC(=O)O[C@@H]1c1cc(C(F)(F)F)cc(C(F)(F)F)c1. The third-order valence-electron chi connectivity index (χ3n) is 3.20. The van der Waals surface area contributed by atoms with Crippen molar-refractivity contribution in [1.82, 2.24) is 0 Å². The van der Waals surface area contributed by atoms with Crippen molar-refractivity contribution in [3.63, 3.8) is 0 Å². The van der Waals surface area contributed by atoms with Crippen molar-refractivity contribution in [1.29, 1.82) is 0 Å². The highest BCUT2D eigenvalue weighted by Crippen LogP contribution is 2.41. The fraction of sp³-hybridized carbons (Fsp3) is 0.462. The van der Waals surface area contributed by atoms with Crippen molar-refractivity contribution in [3.05, 3.63) is 34.9 Å². The molecule has 0 aromatic heterocycles. The van der Waals surface area contributed by atoms with E-state index >= 15 is 0 Å². The summed E-state index contributed by atoms with van der Waals surface area (Å²) >= 11 is 0. The number of carbonyl (C=O) groups is 1. The van der Waals surface area contributed by atoms with Crippen molar-refractivity contribution in [2.45, 2.75) is 31.8 Å². The Kier molecular flexibility index (Phi) is 3.67. The van der Waals surface area contributed by atoms with Gasteiger partial charge in [-0.3, -0.25) is 4.79 Å². The number of carbonyl (C=O) groups excluding carboxylic acids is 1. The normalized spacial score (nSPS) is 23.3. The Morgan fingerprint density at radius 1 is 1.00 bits per heavy atom. The molecule has 0 aliphatic carbocycles. The largest absolute Gasteiger partial charge is 0.457 e. The monoisotopic (exact) mass is 312 g/mol. The van der Waals surface area contributed by atoms with Gasteiger partial charge in [-0.1, -0.05) is 6.92 Å². The Morgan fingerprint density at radius 2 is 1.48 bits per heavy atom. The number of halogens is 6. The predicted molar refractivity (Wildman–Crippen MR) is 59.1 cm³/mol. The molecular formula is C13H10F6O2. The molecule has 0 bridgehead atoms. The van der Waals surface area contributed by atoms with Gasteiger partial charge in [0.05, 0.1) is 17.5 Å². The summed E-state index contributed by atoms with van der Waals surface area (Å²) in [6, 6.07) is 1.23. The molecule has 2 nitrogen and oxygen atoms in total. The van der Waals surface area contributed by atoms with Crippen LogP contribution < -0.4 is 0 Å². The van der Waals surface area contributed by atoms with Gasteiger partial charge < -0.3 is 4.74 Å². The van der Waals surface area contributed by atoms with Gasteiger partial charge in [-0.15, -0.1) is 0 Å². The molecule has 0 spiro atoms. The molecule has 1 aliphatic heterocycles. The van der Waals surface area contributed by atoms with Crippen LogP contribution in [0.1, 0.15) is 36.1 Å². The topological polar surface area (TPSA) is 26.3 Å². The second-order valence-electron chi connectivity index (χ2n) is 4.93. The fourth-order valence-electron chi connectivity index (χ4n) is 2.22. The first kappa shape index (κ1) is 15.7. The van der Waals surface area contributed by atoms with Gasteiger partial charge in [0.1, 0.15) is 6.10 Å². The van der Waals surface area contributed by atoms with Gasteiger partial charge in [0.15, 0.2) is 0 Å². The third-order valence-corrected chi connectivity index (χ3v) is 3.20. The Morgan fingerprint density at radius 3 is 1.81 bits per heavy atom. The summed E-state index contributed by atoms with van der Waals surface area (Å²) in [6.45, 7) is 1.53. The Hall–Kier alpha value is -1.73. The molecular weight excluding hydrogens is 302 g/mol. The number of benzene rings is 1. The Balaban J connectivity index is 2.53. The highest BCUT2D eigenvalue weighted by Gasteiger charge is 2.40. The van der Waals surface area contributed by atoms with Crippen LogP contribution in [0.2, 0.25) is 0 Å². The summed E-state index contributed by atoms with van der Waals surface area (Å²) in [7, 11) is 0. The molecule has 0 N–H and O–H groups in total. The van der Waals surface area contributed by atoms with Gasteiger partial charge in [0.25, 0.3) is 0 Å². The maximum Gasteiger partial charge on any atom is 0.416 e. The summed E-state index contributed by atoms with van der Waals surface area (Å²) in [5, 5.41) is 0. The Bertz CT molecular complexity index is 529. The average Bonchev–Trinajstić information content (AvgIpc) is 2.65. The van der Waals surface area contributed by atoms with Crippen LogP contribution in [0.25, 0.3) is 0 Å². The number of hydrogen-bond acceptors (Lipinski definition) is 2. The van der Waals surface area contributed by atoms with E-state index in [1.807, 2.05) is 0 Å². The zero-order valence-electron chi connectivity index (χ0n) is 10.7. The molecule has 1 saturated heterocycles. The third kappa shape index (κ3) is 3.30. The van der Waals surface area contributed by atoms with E-state index in [-0.39, 0.29) is 18.1 Å². The van der Waals surface area contributed by atoms with Crippen LogP contribution >= 0.6 is 0 Å². The van der Waals surface area contributed by atoms with E-state index in [2.05, 4.69) is 0 Å². The minimum absolute atomic E-state index is 0.0394. The van der Waals surface area contributed by atoms with Crippen LogP contribution in [-0.2, 0) is 21.9 Å². The van der Waals surface area contributed by atoms with E-state index in [1.165, 1.54) is 6.92 Å². The molecule has 2 rings (SSSR count). The maximum atomic E-state index is 12.7. The zero-order chi connectivity index (χ0) is 16.0. The molecule has 2 atom stereocenters. The first-order valence-corrected chi connectivity index (χ1v) is 5.97. The second kappa shape index (κ2) is 4.92. The summed E-state index contributed by atoms with van der Waals surface area (Å²) in [5.41, 5.74) is -3.12. The van der Waals surface area contributed by atoms with Crippen molar-refractivity contribution < 1.29 is 35.9 Å². The lowest BCUT2D eigenvalue weighted by atomic mass is 9.94. The summed E-state index contributed by atoms with van der Waals surface area (Å²) in [6.07, 6.45) is -11.0.